The normalized spacial score (nSPS) is 14.7. The molecule has 0 radical (unpaired) electrons. The van der Waals surface area contributed by atoms with Crippen LogP contribution in [0.25, 0.3) is 0 Å². The second-order valence-electron chi connectivity index (χ2n) is 11.1. The third-order valence-electron chi connectivity index (χ3n) is 5.14. The topological polar surface area (TPSA) is 67.4 Å². The first-order chi connectivity index (χ1) is 12.4. The highest BCUT2D eigenvalue weighted by molar-refractivity contribution is 5.84. The highest BCUT2D eigenvalue weighted by Gasteiger charge is 2.36. The molecular weight excluding hydrogens is 352 g/mol. The zero-order valence-corrected chi connectivity index (χ0v) is 20.3. The molecule has 0 aliphatic carbocycles. The highest BCUT2D eigenvalue weighted by Crippen LogP contribution is 2.38. The summed E-state index contributed by atoms with van der Waals surface area (Å²) in [6.45, 7) is 20.9. The van der Waals surface area contributed by atoms with Gasteiger partial charge in [0.05, 0.1) is 11.6 Å². The molecule has 1 amide bonds. The molecule has 1 atom stereocenters. The Morgan fingerprint density at radius 1 is 0.964 bits per heavy atom. The number of nitrogens with one attached hydrogen (secondary N) is 2. The van der Waals surface area contributed by atoms with E-state index in [0.717, 1.165) is 12.8 Å². The maximum absolute atomic E-state index is 12.9. The molecule has 0 aromatic rings. The summed E-state index contributed by atoms with van der Waals surface area (Å²) >= 11 is 0. The van der Waals surface area contributed by atoms with Gasteiger partial charge in [0.25, 0.3) is 0 Å². The summed E-state index contributed by atoms with van der Waals surface area (Å²) in [6.07, 6.45) is 2.71. The van der Waals surface area contributed by atoms with E-state index in [-0.39, 0.29) is 39.7 Å². The van der Waals surface area contributed by atoms with Gasteiger partial charge >= 0.3 is 0 Å². The first kappa shape index (κ1) is 27.1. The highest BCUT2D eigenvalue weighted by atomic mass is 16.5. The van der Waals surface area contributed by atoms with Crippen LogP contribution in [-0.2, 0) is 14.3 Å². The van der Waals surface area contributed by atoms with Crippen LogP contribution in [0.3, 0.4) is 0 Å². The fourth-order valence-electron chi connectivity index (χ4n) is 3.82. The van der Waals surface area contributed by atoms with Gasteiger partial charge < -0.3 is 15.4 Å². The van der Waals surface area contributed by atoms with Crippen LogP contribution in [0.5, 0.6) is 0 Å². The molecule has 0 aromatic carbocycles. The average Bonchev–Trinajstić information content (AvgIpc) is 2.48. The number of amides is 1. The van der Waals surface area contributed by atoms with E-state index in [1.807, 2.05) is 62.4 Å². The van der Waals surface area contributed by atoms with E-state index in [4.69, 9.17) is 4.74 Å². The van der Waals surface area contributed by atoms with Crippen molar-refractivity contribution in [1.29, 1.82) is 0 Å². The van der Waals surface area contributed by atoms with Crippen LogP contribution in [-0.4, -0.2) is 42.5 Å². The van der Waals surface area contributed by atoms with Crippen LogP contribution in [0.2, 0.25) is 0 Å². The zero-order valence-electron chi connectivity index (χ0n) is 20.3. The molecule has 0 aliphatic rings. The molecule has 0 fully saturated rings. The lowest BCUT2D eigenvalue weighted by Crippen LogP contribution is -2.53. The Kier molecular flexibility index (Phi) is 9.86. The Bertz CT molecular complexity index is 516. The number of likely N-dealkylation sites (N-methyl/N-ethyl adjacent to an activating group) is 1. The molecule has 28 heavy (non-hydrogen) atoms. The predicted octanol–water partition coefficient (Wildman–Crippen LogP) is 4.49. The largest absolute Gasteiger partial charge is 0.376 e. The van der Waals surface area contributed by atoms with Gasteiger partial charge in [0.1, 0.15) is 5.78 Å². The Labute approximate surface area is 173 Å². The number of ether oxygens (including phenoxy) is 1. The summed E-state index contributed by atoms with van der Waals surface area (Å²) in [4.78, 5) is 25.2. The molecule has 1 unspecified atom stereocenters. The predicted molar refractivity (Wildman–Crippen MR) is 117 cm³/mol. The Morgan fingerprint density at radius 3 is 1.93 bits per heavy atom. The molecule has 0 aliphatic heterocycles. The van der Waals surface area contributed by atoms with Crippen molar-refractivity contribution in [2.75, 3.05) is 13.7 Å². The van der Waals surface area contributed by atoms with Gasteiger partial charge in [-0.2, -0.15) is 0 Å². The van der Waals surface area contributed by atoms with Crippen LogP contribution in [0.1, 0.15) is 94.9 Å². The second kappa shape index (κ2) is 10.2. The molecule has 0 saturated heterocycles. The quantitative estimate of drug-likeness (QED) is 0.508. The molecule has 0 spiro atoms. The van der Waals surface area contributed by atoms with E-state index in [9.17, 15) is 9.59 Å². The van der Waals surface area contributed by atoms with Crippen molar-refractivity contribution in [2.45, 2.75) is 112 Å². The lowest BCUT2D eigenvalue weighted by molar-refractivity contribution is -0.128. The lowest BCUT2D eigenvalue weighted by Gasteiger charge is -2.37. The summed E-state index contributed by atoms with van der Waals surface area (Å²) < 4.78 is 5.80. The van der Waals surface area contributed by atoms with E-state index in [1.165, 1.54) is 0 Å². The number of hydrogen-bond donors (Lipinski definition) is 2. The van der Waals surface area contributed by atoms with Crippen LogP contribution in [0.4, 0.5) is 0 Å². The van der Waals surface area contributed by atoms with Gasteiger partial charge in [-0.1, -0.05) is 34.6 Å². The van der Waals surface area contributed by atoms with E-state index < -0.39 is 0 Å². The van der Waals surface area contributed by atoms with Gasteiger partial charge in [0, 0.05) is 24.0 Å². The van der Waals surface area contributed by atoms with Crippen molar-refractivity contribution >= 4 is 11.7 Å². The van der Waals surface area contributed by atoms with Crippen LogP contribution in [0.15, 0.2) is 0 Å². The van der Waals surface area contributed by atoms with Crippen molar-refractivity contribution < 1.29 is 14.3 Å². The molecule has 0 aromatic heterocycles. The number of rotatable bonds is 12. The molecule has 166 valence electrons. The molecule has 0 heterocycles. The summed E-state index contributed by atoms with van der Waals surface area (Å²) in [6, 6.07) is -0.301. The smallest absolute Gasteiger partial charge is 0.237 e. The molecule has 0 saturated carbocycles. The molecule has 2 N–H and O–H groups in total. The number of carbonyl (C=O) groups is 2. The third-order valence-corrected chi connectivity index (χ3v) is 5.14. The Morgan fingerprint density at radius 2 is 1.50 bits per heavy atom. The summed E-state index contributed by atoms with van der Waals surface area (Å²) in [7, 11) is 1.82. The minimum absolute atomic E-state index is 0.00374. The first-order valence-electron chi connectivity index (χ1n) is 10.6. The van der Waals surface area contributed by atoms with Crippen molar-refractivity contribution in [3.63, 3.8) is 0 Å². The van der Waals surface area contributed by atoms with Crippen molar-refractivity contribution in [1.82, 2.24) is 10.6 Å². The fraction of sp³-hybridized carbons (Fsp3) is 0.913. The molecule has 5 heteroatoms. The first-order valence-corrected chi connectivity index (χ1v) is 10.6. The molecule has 0 rings (SSSR count). The van der Waals surface area contributed by atoms with E-state index >= 15 is 0 Å². The zero-order chi connectivity index (χ0) is 22.4. The standard InChI is InChI=1S/C23H46N2O3/c1-12-18(26)22(7,8)16-21(5,6)15-17(24-11)19(27)25-23(9,10)13-14-28-20(2,3)4/h17,24H,12-16H2,1-11H3,(H,25,27). The minimum atomic E-state index is -0.378. The van der Waals surface area contributed by atoms with Crippen LogP contribution >= 0.6 is 0 Å². The number of ketones is 1. The maximum Gasteiger partial charge on any atom is 0.237 e. The average molecular weight is 399 g/mol. The Balaban J connectivity index is 4.92. The molecule has 5 nitrogen and oxygen atoms in total. The Hall–Kier alpha value is -0.940. The van der Waals surface area contributed by atoms with E-state index in [2.05, 4.69) is 24.5 Å². The molecule has 0 bridgehead atoms. The second-order valence-corrected chi connectivity index (χ2v) is 11.1. The van der Waals surface area contributed by atoms with Gasteiger partial charge in [-0.15, -0.1) is 0 Å². The summed E-state index contributed by atoms with van der Waals surface area (Å²) in [5, 5.41) is 6.33. The van der Waals surface area contributed by atoms with Gasteiger partial charge in [-0.3, -0.25) is 9.59 Å². The van der Waals surface area contributed by atoms with E-state index in [0.29, 0.717) is 19.4 Å². The van der Waals surface area contributed by atoms with Crippen molar-refractivity contribution in [3.05, 3.63) is 0 Å². The SMILES string of the molecule is CCC(=O)C(C)(C)CC(C)(C)CC(NC)C(=O)NC(C)(C)CCOC(C)(C)C. The summed E-state index contributed by atoms with van der Waals surface area (Å²) in [5.74, 6) is 0.266. The number of carbonyl (C=O) groups excluding carboxylic acids is 2. The van der Waals surface area contributed by atoms with Crippen molar-refractivity contribution in [3.8, 4) is 0 Å². The monoisotopic (exact) mass is 398 g/mol. The van der Waals surface area contributed by atoms with Crippen LogP contribution < -0.4 is 10.6 Å². The van der Waals surface area contributed by atoms with Gasteiger partial charge in [0.2, 0.25) is 5.91 Å². The number of Topliss-reactive ketones (excluding diaryl/α,β-unsaturated/α-hetero) is 1. The van der Waals surface area contributed by atoms with Gasteiger partial charge in [0.15, 0.2) is 0 Å². The fourth-order valence-corrected chi connectivity index (χ4v) is 3.82. The third kappa shape index (κ3) is 10.6. The van der Waals surface area contributed by atoms with Crippen LogP contribution in [0, 0.1) is 10.8 Å². The van der Waals surface area contributed by atoms with Gasteiger partial charge in [-0.25, -0.2) is 0 Å². The number of hydrogen-bond acceptors (Lipinski definition) is 4. The van der Waals surface area contributed by atoms with Crippen molar-refractivity contribution in [2.24, 2.45) is 10.8 Å². The van der Waals surface area contributed by atoms with Gasteiger partial charge in [-0.05, 0) is 66.3 Å². The van der Waals surface area contributed by atoms with E-state index in [1.54, 1.807) is 0 Å². The molecular formula is C23H46N2O3. The minimum Gasteiger partial charge on any atom is -0.376 e. The lowest BCUT2D eigenvalue weighted by atomic mass is 9.69. The maximum atomic E-state index is 12.9. The summed E-state index contributed by atoms with van der Waals surface area (Å²) in [5.41, 5.74) is -1.05.